The van der Waals surface area contributed by atoms with Gasteiger partial charge >= 0.3 is 5.97 Å². The summed E-state index contributed by atoms with van der Waals surface area (Å²) in [5.74, 6) is 0.894. The van der Waals surface area contributed by atoms with Crippen molar-refractivity contribution in [3.05, 3.63) is 23.8 Å². The van der Waals surface area contributed by atoms with Gasteiger partial charge in [0.05, 0.1) is 12.0 Å². The lowest BCUT2D eigenvalue weighted by Crippen LogP contribution is -2.41. The highest BCUT2D eigenvalue weighted by molar-refractivity contribution is 5.72. The summed E-state index contributed by atoms with van der Waals surface area (Å²) in [7, 11) is 0. The summed E-state index contributed by atoms with van der Waals surface area (Å²) in [5, 5.41) is 9.98. The Bertz CT molecular complexity index is 424. The van der Waals surface area contributed by atoms with Gasteiger partial charge in [0.25, 0.3) is 0 Å². The van der Waals surface area contributed by atoms with Crippen molar-refractivity contribution < 1.29 is 14.6 Å². The zero-order chi connectivity index (χ0) is 16.9. The van der Waals surface area contributed by atoms with E-state index in [1.54, 1.807) is 0 Å². The van der Waals surface area contributed by atoms with Crippen molar-refractivity contribution in [3.63, 3.8) is 0 Å². The van der Waals surface area contributed by atoms with Gasteiger partial charge in [0.2, 0.25) is 0 Å². The summed E-state index contributed by atoms with van der Waals surface area (Å²) in [6.07, 6.45) is 6.77. The fraction of sp³-hybridized carbons (Fsp3) is 0.737. The average molecular weight is 308 g/mol. The first kappa shape index (κ1) is 19.0. The van der Waals surface area contributed by atoms with Crippen molar-refractivity contribution in [2.24, 2.45) is 23.7 Å². The Morgan fingerprint density at radius 2 is 2.05 bits per heavy atom. The fourth-order valence-electron chi connectivity index (χ4n) is 3.13. The van der Waals surface area contributed by atoms with Crippen molar-refractivity contribution in [3.8, 4) is 0 Å². The fourth-order valence-corrected chi connectivity index (χ4v) is 3.13. The van der Waals surface area contributed by atoms with Gasteiger partial charge in [-0.3, -0.25) is 4.79 Å². The van der Waals surface area contributed by atoms with Gasteiger partial charge in [-0.25, -0.2) is 0 Å². The minimum atomic E-state index is -0.513. The highest BCUT2D eigenvalue weighted by Gasteiger charge is 2.40. The largest absolute Gasteiger partial charge is 0.461 e. The molecule has 0 aliphatic heterocycles. The first-order valence-corrected chi connectivity index (χ1v) is 8.72. The van der Waals surface area contributed by atoms with Crippen LogP contribution in [0.5, 0.6) is 0 Å². The molecule has 0 unspecified atom stereocenters. The third kappa shape index (κ3) is 4.22. The Hall–Kier alpha value is -1.09. The molecule has 0 aromatic carbocycles. The van der Waals surface area contributed by atoms with E-state index in [1.807, 2.05) is 33.8 Å². The van der Waals surface area contributed by atoms with Crippen LogP contribution in [0, 0.1) is 23.7 Å². The number of hydrogen-bond acceptors (Lipinski definition) is 3. The van der Waals surface area contributed by atoms with Crippen molar-refractivity contribution in [2.45, 2.75) is 66.6 Å². The third-order valence-electron chi connectivity index (χ3n) is 4.91. The van der Waals surface area contributed by atoms with Crippen LogP contribution >= 0.6 is 0 Å². The van der Waals surface area contributed by atoms with E-state index in [1.165, 1.54) is 0 Å². The van der Waals surface area contributed by atoms with Crippen molar-refractivity contribution in [1.82, 2.24) is 0 Å². The molecule has 2 rings (SSSR count). The number of fused-ring (bicyclic) bond motifs is 1. The van der Waals surface area contributed by atoms with Gasteiger partial charge in [-0.1, -0.05) is 59.8 Å². The van der Waals surface area contributed by atoms with Crippen LogP contribution in [0.1, 0.15) is 54.4 Å². The SMILES string of the molecule is CC.CC[C@H](C)C(=O)O[C@H]1C[C@H](O)C=C2C=C[C@H](C)[C@H](C)[C@H]21. The molecule has 0 saturated carbocycles. The molecule has 0 fully saturated rings. The third-order valence-corrected chi connectivity index (χ3v) is 4.91. The predicted molar refractivity (Wildman–Crippen MR) is 90.3 cm³/mol. The Kier molecular flexibility index (Phi) is 7.34. The zero-order valence-corrected chi connectivity index (χ0v) is 14.9. The number of ether oxygens (including phenoxy) is 1. The second-order valence-corrected chi connectivity index (χ2v) is 6.36. The normalized spacial score (nSPS) is 34.7. The van der Waals surface area contributed by atoms with Crippen LogP contribution in [-0.4, -0.2) is 23.3 Å². The minimum Gasteiger partial charge on any atom is -0.461 e. The molecule has 0 saturated heterocycles. The van der Waals surface area contributed by atoms with Crippen LogP contribution in [0.2, 0.25) is 0 Å². The Balaban J connectivity index is 0.00000116. The van der Waals surface area contributed by atoms with Crippen molar-refractivity contribution in [2.75, 3.05) is 0 Å². The van der Waals surface area contributed by atoms with E-state index >= 15 is 0 Å². The summed E-state index contributed by atoms with van der Waals surface area (Å²) in [6.45, 7) is 12.3. The smallest absolute Gasteiger partial charge is 0.308 e. The second-order valence-electron chi connectivity index (χ2n) is 6.36. The van der Waals surface area contributed by atoms with E-state index in [4.69, 9.17) is 4.74 Å². The number of rotatable bonds is 3. The van der Waals surface area contributed by atoms with Crippen LogP contribution in [0.15, 0.2) is 23.8 Å². The van der Waals surface area contributed by atoms with Crippen molar-refractivity contribution >= 4 is 5.97 Å². The predicted octanol–water partition coefficient (Wildman–Crippen LogP) is 4.12. The van der Waals surface area contributed by atoms with Crippen molar-refractivity contribution in [1.29, 1.82) is 0 Å². The zero-order valence-electron chi connectivity index (χ0n) is 14.9. The second kappa shape index (κ2) is 8.52. The minimum absolute atomic E-state index is 0.0756. The van der Waals surface area contributed by atoms with E-state index < -0.39 is 6.10 Å². The summed E-state index contributed by atoms with van der Waals surface area (Å²) in [5.41, 5.74) is 1.12. The summed E-state index contributed by atoms with van der Waals surface area (Å²) < 4.78 is 5.73. The van der Waals surface area contributed by atoms with Crippen LogP contribution in [-0.2, 0) is 9.53 Å². The molecule has 0 bridgehead atoms. The molecule has 2 aliphatic rings. The maximum atomic E-state index is 12.1. The molecule has 2 aliphatic carbocycles. The highest BCUT2D eigenvalue weighted by atomic mass is 16.5. The maximum Gasteiger partial charge on any atom is 0.308 e. The standard InChI is InChI=1S/C17H26O3.C2H6/c1-5-10(2)17(19)20-15-9-14(18)8-13-7-6-11(3)12(4)16(13)15;1-2/h6-8,10-12,14-16,18H,5,9H2,1-4H3;1-2H3/t10-,11-,12-,14+,15-,16+;/m0./s1. The van der Waals surface area contributed by atoms with Gasteiger partial charge in [-0.15, -0.1) is 0 Å². The molecule has 0 aromatic rings. The number of carbonyl (C=O) groups excluding carboxylic acids is 1. The number of allylic oxidation sites excluding steroid dienone is 2. The van der Waals surface area contributed by atoms with Gasteiger partial charge in [0.15, 0.2) is 0 Å². The Morgan fingerprint density at radius 1 is 1.41 bits per heavy atom. The lowest BCUT2D eigenvalue weighted by atomic mass is 9.69. The van der Waals surface area contributed by atoms with E-state index in [0.717, 1.165) is 12.0 Å². The molecule has 0 amide bonds. The molecule has 6 atom stereocenters. The molecular weight excluding hydrogens is 276 g/mol. The lowest BCUT2D eigenvalue weighted by molar-refractivity contribution is -0.158. The highest BCUT2D eigenvalue weighted by Crippen LogP contribution is 2.41. The number of aliphatic hydroxyl groups is 1. The molecule has 126 valence electrons. The number of esters is 1. The summed E-state index contributed by atoms with van der Waals surface area (Å²) >= 11 is 0. The average Bonchev–Trinajstić information content (AvgIpc) is 2.51. The molecule has 22 heavy (non-hydrogen) atoms. The number of hydrogen-bond donors (Lipinski definition) is 1. The van der Waals surface area contributed by atoms with Gasteiger partial charge in [0.1, 0.15) is 6.10 Å². The molecule has 1 N–H and O–H groups in total. The van der Waals surface area contributed by atoms with Crippen LogP contribution in [0.3, 0.4) is 0 Å². The first-order chi connectivity index (χ1) is 10.4. The van der Waals surface area contributed by atoms with Gasteiger partial charge in [0, 0.05) is 12.3 Å². The van der Waals surface area contributed by atoms with Gasteiger partial charge in [-0.05, 0) is 23.8 Å². The molecule has 0 radical (unpaired) electrons. The van der Waals surface area contributed by atoms with Crippen LogP contribution in [0.4, 0.5) is 0 Å². The topological polar surface area (TPSA) is 46.5 Å². The molecule has 3 nitrogen and oxygen atoms in total. The molecule has 0 aromatic heterocycles. The monoisotopic (exact) mass is 308 g/mol. The summed E-state index contributed by atoms with van der Waals surface area (Å²) in [4.78, 5) is 12.1. The first-order valence-electron chi connectivity index (χ1n) is 8.72. The van der Waals surface area contributed by atoms with Gasteiger partial charge < -0.3 is 9.84 Å². The van der Waals surface area contributed by atoms with Crippen LogP contribution < -0.4 is 0 Å². The lowest BCUT2D eigenvalue weighted by Gasteiger charge is -2.41. The van der Waals surface area contributed by atoms with Gasteiger partial charge in [-0.2, -0.15) is 0 Å². The number of carbonyl (C=O) groups is 1. The van der Waals surface area contributed by atoms with E-state index in [2.05, 4.69) is 26.0 Å². The summed E-state index contributed by atoms with van der Waals surface area (Å²) in [6, 6.07) is 0. The molecular formula is C19H32O3. The quantitative estimate of drug-likeness (QED) is 0.798. The Morgan fingerprint density at radius 3 is 2.64 bits per heavy atom. The molecule has 0 heterocycles. The van der Waals surface area contributed by atoms with Crippen LogP contribution in [0.25, 0.3) is 0 Å². The maximum absolute atomic E-state index is 12.1. The Labute approximate surface area is 135 Å². The molecule has 0 spiro atoms. The number of aliphatic hydroxyl groups excluding tert-OH is 1. The van der Waals surface area contributed by atoms with E-state index in [-0.39, 0.29) is 23.9 Å². The van der Waals surface area contributed by atoms with E-state index in [0.29, 0.717) is 18.3 Å². The van der Waals surface area contributed by atoms with E-state index in [9.17, 15) is 9.90 Å². The molecule has 3 heteroatoms.